The highest BCUT2D eigenvalue weighted by Gasteiger charge is 2.28. The summed E-state index contributed by atoms with van der Waals surface area (Å²) in [5.74, 6) is 2.49. The molecule has 2 aliphatic rings. The van der Waals surface area contributed by atoms with Gasteiger partial charge in [-0.3, -0.25) is 0 Å². The lowest BCUT2D eigenvalue weighted by molar-refractivity contribution is 0.291. The normalized spacial score (nSPS) is 23.3. The molecule has 4 heteroatoms. The Morgan fingerprint density at radius 1 is 0.833 bits per heavy atom. The Kier molecular flexibility index (Phi) is 4.66. The molecule has 0 fully saturated rings. The molecule has 0 bridgehead atoms. The molecule has 4 nitrogen and oxygen atoms in total. The quantitative estimate of drug-likeness (QED) is 0.841. The van der Waals surface area contributed by atoms with E-state index in [4.69, 9.17) is 19.5 Å². The Morgan fingerprint density at radius 3 is 1.58 bits per heavy atom. The van der Waals surface area contributed by atoms with E-state index in [2.05, 4.69) is 53.7 Å². The smallest absolute Gasteiger partial charge is 0.216 e. The minimum Gasteiger partial charge on any atom is -0.475 e. The number of aliphatic imine (C=N–C) groups is 2. The average Bonchev–Trinajstić information content (AvgIpc) is 3.17. The topological polar surface area (TPSA) is 43.2 Å². The fraction of sp³-hybridized carbons (Fsp3) is 0.600. The van der Waals surface area contributed by atoms with Gasteiger partial charge in [0.1, 0.15) is 13.2 Å². The van der Waals surface area contributed by atoms with E-state index in [0.29, 0.717) is 25.0 Å². The fourth-order valence-electron chi connectivity index (χ4n) is 3.06. The molecule has 2 aliphatic heterocycles. The highest BCUT2D eigenvalue weighted by Crippen LogP contribution is 2.26. The number of ether oxygens (including phenoxy) is 2. The second-order valence-electron chi connectivity index (χ2n) is 7.60. The van der Waals surface area contributed by atoms with Crippen molar-refractivity contribution in [2.24, 2.45) is 21.8 Å². The van der Waals surface area contributed by atoms with Gasteiger partial charge in [0, 0.05) is 11.1 Å². The summed E-state index contributed by atoms with van der Waals surface area (Å²) < 4.78 is 11.8. The minimum atomic E-state index is 0.244. The number of aryl methyl sites for hydroxylation is 1. The molecular formula is C20H28N2O2. The van der Waals surface area contributed by atoms with E-state index in [1.54, 1.807) is 0 Å². The van der Waals surface area contributed by atoms with Crippen LogP contribution in [0.25, 0.3) is 0 Å². The first-order valence-corrected chi connectivity index (χ1v) is 8.90. The second kappa shape index (κ2) is 6.58. The summed E-state index contributed by atoms with van der Waals surface area (Å²) in [7, 11) is 0. The number of benzene rings is 1. The first kappa shape index (κ1) is 17.0. The van der Waals surface area contributed by atoms with Crippen LogP contribution in [0.2, 0.25) is 0 Å². The van der Waals surface area contributed by atoms with Gasteiger partial charge in [0.05, 0.1) is 12.1 Å². The maximum Gasteiger partial charge on any atom is 0.216 e. The molecule has 1 aromatic rings. The first-order valence-electron chi connectivity index (χ1n) is 8.90. The van der Waals surface area contributed by atoms with Crippen molar-refractivity contribution in [1.29, 1.82) is 0 Å². The van der Waals surface area contributed by atoms with Crippen LogP contribution in [0.5, 0.6) is 0 Å². The number of hydrogen-bond donors (Lipinski definition) is 0. The zero-order valence-corrected chi connectivity index (χ0v) is 15.6. The standard InChI is InChI=1S/C20H28N2O2/c1-11(2)17-9-23-19(21-17)15-7-13(5)8-16(14(15)6)20-22-18(10-24-20)12(3)4/h7-8,11-12,17-18H,9-10H2,1-6H3/t17-,18-/m1/s1. The summed E-state index contributed by atoms with van der Waals surface area (Å²) in [5, 5.41) is 0. The molecule has 2 heterocycles. The van der Waals surface area contributed by atoms with Gasteiger partial charge in [-0.1, -0.05) is 27.7 Å². The van der Waals surface area contributed by atoms with Crippen molar-refractivity contribution in [1.82, 2.24) is 0 Å². The SMILES string of the molecule is Cc1cc(C2=N[C@@H](C(C)C)CO2)c(C)c(C2=N[C@@H](C(C)C)CO2)c1. The highest BCUT2D eigenvalue weighted by atomic mass is 16.5. The molecule has 130 valence electrons. The van der Waals surface area contributed by atoms with Gasteiger partial charge < -0.3 is 9.47 Å². The van der Waals surface area contributed by atoms with Crippen LogP contribution in [0.3, 0.4) is 0 Å². The van der Waals surface area contributed by atoms with E-state index in [-0.39, 0.29) is 12.1 Å². The average molecular weight is 328 g/mol. The lowest BCUT2D eigenvalue weighted by Crippen LogP contribution is -2.13. The van der Waals surface area contributed by atoms with Gasteiger partial charge in [-0.05, 0) is 48.9 Å². The third-order valence-corrected chi connectivity index (χ3v) is 4.90. The number of hydrogen-bond acceptors (Lipinski definition) is 4. The van der Waals surface area contributed by atoms with Gasteiger partial charge in [-0.2, -0.15) is 0 Å². The molecule has 0 aliphatic carbocycles. The predicted molar refractivity (Wildman–Crippen MR) is 98.1 cm³/mol. The lowest BCUT2D eigenvalue weighted by Gasteiger charge is -2.12. The maximum absolute atomic E-state index is 5.90. The summed E-state index contributed by atoms with van der Waals surface area (Å²) >= 11 is 0. The predicted octanol–water partition coefficient (Wildman–Crippen LogP) is 3.91. The Morgan fingerprint density at radius 2 is 1.25 bits per heavy atom. The monoisotopic (exact) mass is 328 g/mol. The van der Waals surface area contributed by atoms with Crippen molar-refractivity contribution in [3.8, 4) is 0 Å². The summed E-state index contributed by atoms with van der Waals surface area (Å²) in [5.41, 5.74) is 4.43. The van der Waals surface area contributed by atoms with Crippen LogP contribution in [0, 0.1) is 25.7 Å². The Labute approximate surface area is 145 Å². The molecule has 0 unspecified atom stereocenters. The molecule has 24 heavy (non-hydrogen) atoms. The van der Waals surface area contributed by atoms with Crippen LogP contribution >= 0.6 is 0 Å². The summed E-state index contributed by atoms with van der Waals surface area (Å²) in [6.07, 6.45) is 0. The van der Waals surface area contributed by atoms with Crippen LogP contribution in [0.4, 0.5) is 0 Å². The van der Waals surface area contributed by atoms with Gasteiger partial charge in [-0.25, -0.2) is 9.98 Å². The first-order chi connectivity index (χ1) is 11.4. The molecule has 0 saturated heterocycles. The van der Waals surface area contributed by atoms with Crippen LogP contribution in [0.1, 0.15) is 49.9 Å². The van der Waals surface area contributed by atoms with E-state index in [9.17, 15) is 0 Å². The van der Waals surface area contributed by atoms with Crippen molar-refractivity contribution >= 4 is 11.8 Å². The van der Waals surface area contributed by atoms with Gasteiger partial charge in [-0.15, -0.1) is 0 Å². The maximum atomic E-state index is 5.90. The van der Waals surface area contributed by atoms with Crippen molar-refractivity contribution in [3.05, 3.63) is 34.4 Å². The van der Waals surface area contributed by atoms with Crippen molar-refractivity contribution < 1.29 is 9.47 Å². The van der Waals surface area contributed by atoms with E-state index in [1.165, 1.54) is 5.56 Å². The summed E-state index contributed by atoms with van der Waals surface area (Å²) in [6.45, 7) is 14.3. The highest BCUT2D eigenvalue weighted by molar-refractivity contribution is 6.03. The Balaban J connectivity index is 1.98. The van der Waals surface area contributed by atoms with Gasteiger partial charge in [0.2, 0.25) is 11.8 Å². The minimum absolute atomic E-state index is 0.244. The van der Waals surface area contributed by atoms with E-state index in [1.807, 2.05) is 0 Å². The molecule has 0 spiro atoms. The molecule has 0 aromatic heterocycles. The van der Waals surface area contributed by atoms with Crippen LogP contribution in [0.15, 0.2) is 22.1 Å². The Hall–Kier alpha value is -1.84. The Bertz CT molecular complexity index is 634. The summed E-state index contributed by atoms with van der Waals surface area (Å²) in [4.78, 5) is 9.57. The molecule has 0 amide bonds. The van der Waals surface area contributed by atoms with E-state index >= 15 is 0 Å². The van der Waals surface area contributed by atoms with Crippen LogP contribution in [-0.2, 0) is 9.47 Å². The molecule has 0 N–H and O–H groups in total. The molecule has 0 saturated carbocycles. The lowest BCUT2D eigenvalue weighted by atomic mass is 9.98. The van der Waals surface area contributed by atoms with Crippen molar-refractivity contribution in [2.45, 2.75) is 53.6 Å². The molecule has 0 radical (unpaired) electrons. The third-order valence-electron chi connectivity index (χ3n) is 4.90. The zero-order valence-electron chi connectivity index (χ0n) is 15.6. The second-order valence-corrected chi connectivity index (χ2v) is 7.60. The molecular weight excluding hydrogens is 300 g/mol. The van der Waals surface area contributed by atoms with Gasteiger partial charge >= 0.3 is 0 Å². The largest absolute Gasteiger partial charge is 0.475 e. The van der Waals surface area contributed by atoms with Crippen molar-refractivity contribution in [2.75, 3.05) is 13.2 Å². The van der Waals surface area contributed by atoms with Gasteiger partial charge in [0.15, 0.2) is 0 Å². The molecule has 3 rings (SSSR count). The zero-order chi connectivity index (χ0) is 17.4. The number of nitrogens with zero attached hydrogens (tertiary/aromatic N) is 2. The number of rotatable bonds is 4. The van der Waals surface area contributed by atoms with Gasteiger partial charge in [0.25, 0.3) is 0 Å². The fourth-order valence-corrected chi connectivity index (χ4v) is 3.06. The third kappa shape index (κ3) is 3.19. The van der Waals surface area contributed by atoms with Crippen LogP contribution < -0.4 is 0 Å². The molecule has 2 atom stereocenters. The summed E-state index contributed by atoms with van der Waals surface area (Å²) in [6, 6.07) is 4.79. The van der Waals surface area contributed by atoms with Crippen molar-refractivity contribution in [3.63, 3.8) is 0 Å². The molecule has 1 aromatic carbocycles. The van der Waals surface area contributed by atoms with Crippen LogP contribution in [-0.4, -0.2) is 37.1 Å². The van der Waals surface area contributed by atoms with E-state index < -0.39 is 0 Å². The van der Waals surface area contributed by atoms with E-state index in [0.717, 1.165) is 28.5 Å².